The van der Waals surface area contributed by atoms with Gasteiger partial charge in [0.2, 0.25) is 0 Å². The fourth-order valence-electron chi connectivity index (χ4n) is 5.31. The summed E-state index contributed by atoms with van der Waals surface area (Å²) in [4.78, 5) is 20.4. The predicted octanol–water partition coefficient (Wildman–Crippen LogP) is 7.20. The van der Waals surface area contributed by atoms with Crippen LogP contribution in [0, 0.1) is 0 Å². The van der Waals surface area contributed by atoms with Crippen LogP contribution in [-0.2, 0) is 12.7 Å². The molecule has 41 heavy (non-hydrogen) atoms. The van der Waals surface area contributed by atoms with Crippen LogP contribution in [0.2, 0.25) is 0 Å². The van der Waals surface area contributed by atoms with Crippen LogP contribution in [0.5, 0.6) is 0 Å². The normalized spacial score (nSPS) is 14.8. The van der Waals surface area contributed by atoms with E-state index in [4.69, 9.17) is 4.98 Å². The molecular weight excluding hydrogens is 525 g/mol. The molecule has 0 amide bonds. The molecule has 0 atom stereocenters. The molecule has 0 bridgehead atoms. The fraction of sp³-hybridized carbons (Fsp3) is 0.344. The molecule has 1 fully saturated rings. The van der Waals surface area contributed by atoms with Crippen molar-refractivity contribution in [3.8, 4) is 11.3 Å². The van der Waals surface area contributed by atoms with E-state index in [2.05, 4.69) is 62.8 Å². The predicted molar refractivity (Wildman–Crippen MR) is 157 cm³/mol. The zero-order valence-electron chi connectivity index (χ0n) is 23.6. The van der Waals surface area contributed by atoms with Gasteiger partial charge in [0, 0.05) is 68.1 Å². The summed E-state index contributed by atoms with van der Waals surface area (Å²) in [6, 6.07) is 18.3. The minimum absolute atomic E-state index is 0.265. The second-order valence-electron chi connectivity index (χ2n) is 10.8. The Kier molecular flexibility index (Phi) is 8.54. The van der Waals surface area contributed by atoms with E-state index in [0.29, 0.717) is 23.8 Å². The third-order valence-electron chi connectivity index (χ3n) is 7.82. The standard InChI is InChI=1S/C32H35F3N6/c1-23(2)40-18-14-29(15-19-40)41(22-24-4-10-27(11-5-24)39(3)28-12-16-36-17-13-28)31-21-37-20-30(38-31)25-6-8-26(9-7-25)32(33,34)35/h4-13,16-17,20-21,23,29H,14-15,18-19,22H2,1-3H3. The molecule has 0 spiro atoms. The minimum Gasteiger partial charge on any atom is -0.348 e. The van der Waals surface area contributed by atoms with Gasteiger partial charge in [-0.25, -0.2) is 4.98 Å². The van der Waals surface area contributed by atoms with Crippen LogP contribution in [0.4, 0.5) is 30.4 Å². The van der Waals surface area contributed by atoms with Gasteiger partial charge in [-0.1, -0.05) is 24.3 Å². The molecule has 0 aliphatic carbocycles. The first-order valence-corrected chi connectivity index (χ1v) is 13.9. The van der Waals surface area contributed by atoms with Crippen LogP contribution >= 0.6 is 0 Å². The van der Waals surface area contributed by atoms with Gasteiger partial charge in [0.25, 0.3) is 0 Å². The second-order valence-corrected chi connectivity index (χ2v) is 10.8. The van der Waals surface area contributed by atoms with E-state index in [1.54, 1.807) is 24.8 Å². The number of nitrogens with zero attached hydrogens (tertiary/aromatic N) is 6. The monoisotopic (exact) mass is 560 g/mol. The van der Waals surface area contributed by atoms with E-state index in [0.717, 1.165) is 60.8 Å². The van der Waals surface area contributed by atoms with Crippen molar-refractivity contribution in [2.24, 2.45) is 0 Å². The molecule has 3 heterocycles. The summed E-state index contributed by atoms with van der Waals surface area (Å²) in [5.41, 5.74) is 3.75. The second kappa shape index (κ2) is 12.3. The SMILES string of the molecule is CC(C)N1CCC(N(Cc2ccc(N(C)c3ccncc3)cc2)c2cncc(-c3ccc(C(F)(F)F)cc3)n2)CC1. The average molecular weight is 561 g/mol. The van der Waals surface area contributed by atoms with Gasteiger partial charge in [0.1, 0.15) is 5.82 Å². The molecule has 214 valence electrons. The average Bonchev–Trinajstić information content (AvgIpc) is 3.00. The van der Waals surface area contributed by atoms with Gasteiger partial charge in [0.15, 0.2) is 0 Å². The van der Waals surface area contributed by atoms with Crippen molar-refractivity contribution >= 4 is 17.2 Å². The van der Waals surface area contributed by atoms with Crippen LogP contribution in [0.3, 0.4) is 0 Å². The van der Waals surface area contributed by atoms with Crippen LogP contribution in [-0.4, -0.2) is 52.1 Å². The van der Waals surface area contributed by atoms with Gasteiger partial charge in [-0.05, 0) is 68.7 Å². The fourth-order valence-corrected chi connectivity index (χ4v) is 5.31. The van der Waals surface area contributed by atoms with Crippen molar-refractivity contribution in [2.45, 2.75) is 51.5 Å². The van der Waals surface area contributed by atoms with Crippen LogP contribution in [0.1, 0.15) is 37.8 Å². The quantitative estimate of drug-likeness (QED) is 0.227. The molecule has 1 saturated heterocycles. The lowest BCUT2D eigenvalue weighted by molar-refractivity contribution is -0.137. The molecule has 1 aliphatic rings. The van der Waals surface area contributed by atoms with Crippen molar-refractivity contribution in [1.82, 2.24) is 19.9 Å². The van der Waals surface area contributed by atoms with E-state index in [-0.39, 0.29) is 6.04 Å². The first kappa shape index (κ1) is 28.5. The summed E-state index contributed by atoms with van der Waals surface area (Å²) < 4.78 is 39.3. The molecule has 2 aromatic heterocycles. The number of hydrogen-bond acceptors (Lipinski definition) is 6. The molecule has 0 N–H and O–H groups in total. The van der Waals surface area contributed by atoms with Gasteiger partial charge in [-0.2, -0.15) is 13.2 Å². The lowest BCUT2D eigenvalue weighted by Crippen LogP contribution is -2.47. The van der Waals surface area contributed by atoms with Gasteiger partial charge in [0.05, 0.1) is 23.7 Å². The molecule has 0 unspecified atom stereocenters. The van der Waals surface area contributed by atoms with Crippen molar-refractivity contribution in [2.75, 3.05) is 29.9 Å². The maximum atomic E-state index is 13.1. The molecule has 1 aliphatic heterocycles. The zero-order valence-corrected chi connectivity index (χ0v) is 23.6. The lowest BCUT2D eigenvalue weighted by Gasteiger charge is -2.40. The van der Waals surface area contributed by atoms with Gasteiger partial charge < -0.3 is 14.7 Å². The van der Waals surface area contributed by atoms with Gasteiger partial charge in [-0.15, -0.1) is 0 Å². The first-order chi connectivity index (χ1) is 19.7. The molecule has 4 aromatic rings. The minimum atomic E-state index is -4.38. The Hall–Kier alpha value is -3.98. The Balaban J connectivity index is 1.41. The van der Waals surface area contributed by atoms with E-state index in [1.165, 1.54) is 12.1 Å². The van der Waals surface area contributed by atoms with Crippen molar-refractivity contribution in [3.63, 3.8) is 0 Å². The smallest absolute Gasteiger partial charge is 0.348 e. The molecule has 0 radical (unpaired) electrons. The number of anilines is 3. The summed E-state index contributed by atoms with van der Waals surface area (Å²) in [6.45, 7) is 7.10. The maximum Gasteiger partial charge on any atom is 0.416 e. The number of hydrogen-bond donors (Lipinski definition) is 0. The summed E-state index contributed by atoms with van der Waals surface area (Å²) in [5.74, 6) is 0.725. The highest BCUT2D eigenvalue weighted by Crippen LogP contribution is 2.32. The first-order valence-electron chi connectivity index (χ1n) is 13.9. The number of piperidine rings is 1. The number of alkyl halides is 3. The zero-order chi connectivity index (χ0) is 29.0. The molecule has 5 rings (SSSR count). The summed E-state index contributed by atoms with van der Waals surface area (Å²) in [6.07, 6.45) is 4.53. The Morgan fingerprint density at radius 1 is 0.854 bits per heavy atom. The van der Waals surface area contributed by atoms with Crippen LogP contribution < -0.4 is 9.80 Å². The number of benzene rings is 2. The Bertz CT molecular complexity index is 1400. The topological polar surface area (TPSA) is 48.4 Å². The number of pyridine rings is 1. The summed E-state index contributed by atoms with van der Waals surface area (Å²) in [5, 5.41) is 0. The van der Waals surface area contributed by atoms with E-state index in [1.807, 2.05) is 19.2 Å². The van der Waals surface area contributed by atoms with E-state index < -0.39 is 11.7 Å². The highest BCUT2D eigenvalue weighted by atomic mass is 19.4. The Morgan fingerprint density at radius 2 is 1.49 bits per heavy atom. The molecule has 6 nitrogen and oxygen atoms in total. The number of aromatic nitrogens is 3. The van der Waals surface area contributed by atoms with Crippen LogP contribution in [0.15, 0.2) is 85.5 Å². The lowest BCUT2D eigenvalue weighted by atomic mass is 10.0. The van der Waals surface area contributed by atoms with Gasteiger partial charge in [-0.3, -0.25) is 9.97 Å². The maximum absolute atomic E-state index is 13.1. The Labute approximate surface area is 239 Å². The van der Waals surface area contributed by atoms with Gasteiger partial charge >= 0.3 is 6.18 Å². The van der Waals surface area contributed by atoms with Crippen molar-refractivity contribution < 1.29 is 13.2 Å². The number of likely N-dealkylation sites (tertiary alicyclic amines) is 1. The summed E-state index contributed by atoms with van der Waals surface area (Å²) in [7, 11) is 2.03. The third kappa shape index (κ3) is 6.85. The molecule has 2 aromatic carbocycles. The highest BCUT2D eigenvalue weighted by molar-refractivity contribution is 5.63. The molecular formula is C32H35F3N6. The Morgan fingerprint density at radius 3 is 2.10 bits per heavy atom. The van der Waals surface area contributed by atoms with E-state index in [9.17, 15) is 13.2 Å². The van der Waals surface area contributed by atoms with Crippen LogP contribution in [0.25, 0.3) is 11.3 Å². The van der Waals surface area contributed by atoms with Crippen molar-refractivity contribution in [3.05, 3.63) is 96.6 Å². The third-order valence-corrected chi connectivity index (χ3v) is 7.82. The largest absolute Gasteiger partial charge is 0.416 e. The highest BCUT2D eigenvalue weighted by Gasteiger charge is 2.30. The molecule has 0 saturated carbocycles. The molecule has 9 heteroatoms. The number of rotatable bonds is 8. The number of halogens is 3. The van der Waals surface area contributed by atoms with Crippen molar-refractivity contribution in [1.29, 1.82) is 0 Å². The van der Waals surface area contributed by atoms with E-state index >= 15 is 0 Å². The summed E-state index contributed by atoms with van der Waals surface area (Å²) >= 11 is 0.